The number of aromatic nitrogens is 2. The van der Waals surface area contributed by atoms with Crippen molar-refractivity contribution in [3.8, 4) is 5.75 Å². The molecular weight excluding hydrogens is 314 g/mol. The first kappa shape index (κ1) is 15.9. The van der Waals surface area contributed by atoms with Crippen LogP contribution in [0.1, 0.15) is 36.9 Å². The van der Waals surface area contributed by atoms with E-state index >= 15 is 0 Å². The molecular formula is C17H20ClN3O2. The van der Waals surface area contributed by atoms with Crippen LogP contribution in [0, 0.1) is 0 Å². The fourth-order valence-corrected chi connectivity index (χ4v) is 3.01. The van der Waals surface area contributed by atoms with E-state index < -0.39 is 0 Å². The number of hydrogen-bond donors (Lipinski definition) is 2. The molecule has 0 fully saturated rings. The highest BCUT2D eigenvalue weighted by Crippen LogP contribution is 2.29. The number of ether oxygens (including phenoxy) is 1. The van der Waals surface area contributed by atoms with Crippen molar-refractivity contribution in [2.45, 2.75) is 38.2 Å². The van der Waals surface area contributed by atoms with Crippen LogP contribution in [0.5, 0.6) is 5.75 Å². The van der Waals surface area contributed by atoms with Gasteiger partial charge in [-0.2, -0.15) is 5.10 Å². The summed E-state index contributed by atoms with van der Waals surface area (Å²) in [6.07, 6.45) is 4.56. The Hall–Kier alpha value is -2.01. The summed E-state index contributed by atoms with van der Waals surface area (Å²) in [5.74, 6) is 0.635. The third-order valence-electron chi connectivity index (χ3n) is 4.07. The molecule has 1 aliphatic carbocycles. The van der Waals surface area contributed by atoms with Gasteiger partial charge >= 0.3 is 0 Å². The molecule has 2 aromatic rings. The molecule has 0 aliphatic heterocycles. The number of fused-ring (bicyclic) bond motifs is 1. The quantitative estimate of drug-likeness (QED) is 0.883. The molecule has 1 aromatic carbocycles. The standard InChI is InChI=1S/C17H20ClN3O2/c1-11(23-14-7-5-13(18)6-8-14)9-19-17(22)15-4-2-3-12-10-20-21-16(12)15/h5-8,10-11,15H,2-4,9H2,1H3,(H,19,22)(H,20,21)/t11-,15-/m0/s1. The van der Waals surface area contributed by atoms with Crippen molar-refractivity contribution < 1.29 is 9.53 Å². The molecule has 1 amide bonds. The fraction of sp³-hybridized carbons (Fsp3) is 0.412. The van der Waals surface area contributed by atoms with Crippen LogP contribution in [-0.4, -0.2) is 28.8 Å². The SMILES string of the molecule is C[C@@H](CNC(=O)[C@H]1CCCc2cn[nH]c21)Oc1ccc(Cl)cc1. The van der Waals surface area contributed by atoms with E-state index in [1.54, 1.807) is 12.1 Å². The summed E-state index contributed by atoms with van der Waals surface area (Å²) in [5, 5.41) is 10.7. The van der Waals surface area contributed by atoms with Gasteiger partial charge in [-0.3, -0.25) is 9.89 Å². The zero-order valence-corrected chi connectivity index (χ0v) is 13.8. The van der Waals surface area contributed by atoms with E-state index in [-0.39, 0.29) is 17.9 Å². The number of nitrogens with zero attached hydrogens (tertiary/aromatic N) is 1. The molecule has 6 heteroatoms. The van der Waals surface area contributed by atoms with Gasteiger partial charge in [-0.15, -0.1) is 0 Å². The minimum atomic E-state index is -0.135. The third kappa shape index (κ3) is 3.85. The van der Waals surface area contributed by atoms with Gasteiger partial charge in [0.05, 0.1) is 24.4 Å². The Bertz CT molecular complexity index is 669. The number of rotatable bonds is 5. The van der Waals surface area contributed by atoms with E-state index in [0.29, 0.717) is 11.6 Å². The number of amides is 1. The van der Waals surface area contributed by atoms with Crippen molar-refractivity contribution in [3.05, 3.63) is 46.7 Å². The fourth-order valence-electron chi connectivity index (χ4n) is 2.88. The topological polar surface area (TPSA) is 67.0 Å². The number of nitrogens with one attached hydrogen (secondary N) is 2. The second-order valence-electron chi connectivity index (χ2n) is 5.88. The summed E-state index contributed by atoms with van der Waals surface area (Å²) in [6.45, 7) is 2.39. The number of H-pyrrole nitrogens is 1. The third-order valence-corrected chi connectivity index (χ3v) is 4.32. The maximum Gasteiger partial charge on any atom is 0.229 e. The summed E-state index contributed by atoms with van der Waals surface area (Å²) in [4.78, 5) is 12.4. The van der Waals surface area contributed by atoms with E-state index in [2.05, 4.69) is 15.5 Å². The van der Waals surface area contributed by atoms with Crippen LogP contribution < -0.4 is 10.1 Å². The minimum Gasteiger partial charge on any atom is -0.489 e. The highest BCUT2D eigenvalue weighted by molar-refractivity contribution is 6.30. The van der Waals surface area contributed by atoms with Gasteiger partial charge in [0.15, 0.2) is 0 Å². The van der Waals surface area contributed by atoms with Gasteiger partial charge in [0.25, 0.3) is 0 Å². The van der Waals surface area contributed by atoms with Crippen LogP contribution in [-0.2, 0) is 11.2 Å². The van der Waals surface area contributed by atoms with Crippen molar-refractivity contribution in [1.82, 2.24) is 15.5 Å². The van der Waals surface area contributed by atoms with Gasteiger partial charge < -0.3 is 10.1 Å². The zero-order valence-electron chi connectivity index (χ0n) is 13.0. The van der Waals surface area contributed by atoms with Gasteiger partial charge in [0.2, 0.25) is 5.91 Å². The Morgan fingerprint density at radius 3 is 3.04 bits per heavy atom. The number of benzene rings is 1. The highest BCUT2D eigenvalue weighted by atomic mass is 35.5. The van der Waals surface area contributed by atoms with Crippen LogP contribution >= 0.6 is 11.6 Å². The van der Waals surface area contributed by atoms with E-state index in [1.807, 2.05) is 25.3 Å². The minimum absolute atomic E-state index is 0.0294. The average Bonchev–Trinajstić information content (AvgIpc) is 3.03. The first-order chi connectivity index (χ1) is 11.1. The molecule has 3 rings (SSSR count). The molecule has 2 N–H and O–H groups in total. The second-order valence-corrected chi connectivity index (χ2v) is 6.32. The molecule has 1 aliphatic rings. The molecule has 0 bridgehead atoms. The number of carbonyl (C=O) groups is 1. The van der Waals surface area contributed by atoms with Gasteiger partial charge in [0.1, 0.15) is 11.9 Å². The smallest absolute Gasteiger partial charge is 0.229 e. The van der Waals surface area contributed by atoms with Gasteiger partial charge in [0, 0.05) is 5.02 Å². The predicted molar refractivity (Wildman–Crippen MR) is 88.8 cm³/mol. The molecule has 0 saturated heterocycles. The van der Waals surface area contributed by atoms with E-state index in [9.17, 15) is 4.79 Å². The molecule has 0 saturated carbocycles. The highest BCUT2D eigenvalue weighted by Gasteiger charge is 2.28. The molecule has 5 nitrogen and oxygen atoms in total. The van der Waals surface area contributed by atoms with Gasteiger partial charge in [-0.25, -0.2) is 0 Å². The number of halogens is 1. The van der Waals surface area contributed by atoms with Crippen LogP contribution in [0.4, 0.5) is 0 Å². The van der Waals surface area contributed by atoms with Crippen LogP contribution in [0.25, 0.3) is 0 Å². The van der Waals surface area contributed by atoms with Crippen LogP contribution in [0.2, 0.25) is 5.02 Å². The van der Waals surface area contributed by atoms with E-state index in [4.69, 9.17) is 16.3 Å². The van der Waals surface area contributed by atoms with Gasteiger partial charge in [-0.05, 0) is 56.0 Å². The maximum absolute atomic E-state index is 12.4. The summed E-state index contributed by atoms with van der Waals surface area (Å²) >= 11 is 5.85. The number of aromatic amines is 1. The lowest BCUT2D eigenvalue weighted by molar-refractivity contribution is -0.123. The second kappa shape index (κ2) is 7.04. The molecule has 0 unspecified atom stereocenters. The van der Waals surface area contributed by atoms with Crippen molar-refractivity contribution in [1.29, 1.82) is 0 Å². The van der Waals surface area contributed by atoms with E-state index in [0.717, 1.165) is 36.3 Å². The van der Waals surface area contributed by atoms with Crippen molar-refractivity contribution >= 4 is 17.5 Å². The summed E-state index contributed by atoms with van der Waals surface area (Å²) in [6, 6.07) is 7.20. The summed E-state index contributed by atoms with van der Waals surface area (Å²) in [5.41, 5.74) is 2.11. The monoisotopic (exact) mass is 333 g/mol. The Morgan fingerprint density at radius 1 is 1.48 bits per heavy atom. The Kier molecular flexibility index (Phi) is 4.86. The average molecular weight is 334 g/mol. The Labute approximate surface area is 140 Å². The molecule has 0 spiro atoms. The van der Waals surface area contributed by atoms with Crippen molar-refractivity contribution in [2.75, 3.05) is 6.54 Å². The van der Waals surface area contributed by atoms with Crippen molar-refractivity contribution in [3.63, 3.8) is 0 Å². The maximum atomic E-state index is 12.4. The van der Waals surface area contributed by atoms with Crippen molar-refractivity contribution in [2.24, 2.45) is 0 Å². The van der Waals surface area contributed by atoms with Gasteiger partial charge in [-0.1, -0.05) is 11.6 Å². The summed E-state index contributed by atoms with van der Waals surface area (Å²) in [7, 11) is 0. The number of carbonyl (C=O) groups excluding carboxylic acids is 1. The lowest BCUT2D eigenvalue weighted by Gasteiger charge is -2.22. The van der Waals surface area contributed by atoms with E-state index in [1.165, 1.54) is 0 Å². The van der Waals surface area contributed by atoms with Crippen LogP contribution in [0.3, 0.4) is 0 Å². The molecule has 2 atom stereocenters. The first-order valence-corrected chi connectivity index (χ1v) is 8.23. The zero-order chi connectivity index (χ0) is 16.2. The number of aryl methyl sites for hydroxylation is 1. The van der Waals surface area contributed by atoms with Crippen LogP contribution in [0.15, 0.2) is 30.5 Å². The molecule has 1 aromatic heterocycles. The lowest BCUT2D eigenvalue weighted by Crippen LogP contribution is -2.37. The molecule has 1 heterocycles. The number of hydrogen-bond acceptors (Lipinski definition) is 3. The normalized spacial score (nSPS) is 18.1. The molecule has 122 valence electrons. The predicted octanol–water partition coefficient (Wildman–Crippen LogP) is 3.07. The molecule has 0 radical (unpaired) electrons. The molecule has 23 heavy (non-hydrogen) atoms. The Balaban J connectivity index is 1.52. The summed E-state index contributed by atoms with van der Waals surface area (Å²) < 4.78 is 5.77. The largest absolute Gasteiger partial charge is 0.489 e. The lowest BCUT2D eigenvalue weighted by atomic mass is 9.87. The first-order valence-electron chi connectivity index (χ1n) is 7.85. The Morgan fingerprint density at radius 2 is 2.26 bits per heavy atom.